The van der Waals surface area contributed by atoms with Crippen LogP contribution in [0.2, 0.25) is 0 Å². The molecule has 1 aromatic heterocycles. The third kappa shape index (κ3) is 4.39. The highest BCUT2D eigenvalue weighted by atomic mass is 16.3. The van der Waals surface area contributed by atoms with E-state index in [0.29, 0.717) is 0 Å². The van der Waals surface area contributed by atoms with Gasteiger partial charge in [-0.3, -0.25) is 0 Å². The van der Waals surface area contributed by atoms with Crippen molar-refractivity contribution < 1.29 is 4.42 Å². The van der Waals surface area contributed by atoms with Crippen molar-refractivity contribution in [1.82, 2.24) is 0 Å². The van der Waals surface area contributed by atoms with Crippen molar-refractivity contribution in [3.8, 4) is 22.3 Å². The number of para-hydroxylation sites is 2. The van der Waals surface area contributed by atoms with E-state index in [1.807, 2.05) is 6.07 Å². The quantitative estimate of drug-likeness (QED) is 0.172. The lowest BCUT2D eigenvalue weighted by Gasteiger charge is -2.29. The number of rotatable bonds is 4. The zero-order chi connectivity index (χ0) is 35.3. The van der Waals surface area contributed by atoms with Gasteiger partial charge >= 0.3 is 0 Å². The fourth-order valence-electron chi connectivity index (χ4n) is 9.10. The number of furan rings is 1. The molecule has 0 fully saturated rings. The van der Waals surface area contributed by atoms with Crippen LogP contribution >= 0.6 is 0 Å². The van der Waals surface area contributed by atoms with Gasteiger partial charge < -0.3 is 9.32 Å². The first-order valence-corrected chi connectivity index (χ1v) is 18.4. The summed E-state index contributed by atoms with van der Waals surface area (Å²) in [5, 5.41) is 9.88. The number of benzene rings is 9. The molecule has 11 rings (SSSR count). The molecule has 0 radical (unpaired) electrons. The molecule has 9 aromatic carbocycles. The van der Waals surface area contributed by atoms with E-state index >= 15 is 0 Å². The van der Waals surface area contributed by atoms with Crippen molar-refractivity contribution >= 4 is 71.3 Å². The van der Waals surface area contributed by atoms with E-state index in [1.165, 1.54) is 54.6 Å². The molecule has 0 N–H and O–H groups in total. The second kappa shape index (κ2) is 11.2. The lowest BCUT2D eigenvalue weighted by atomic mass is 9.82. The zero-order valence-electron chi connectivity index (χ0n) is 29.6. The van der Waals surface area contributed by atoms with Gasteiger partial charge in [0.2, 0.25) is 0 Å². The smallest absolute Gasteiger partial charge is 0.143 e. The number of anilines is 3. The molecule has 0 spiro atoms. The van der Waals surface area contributed by atoms with Gasteiger partial charge in [-0.1, -0.05) is 147 Å². The Balaban J connectivity index is 1.16. The number of nitrogens with zero attached hydrogens (tertiary/aromatic N) is 1. The summed E-state index contributed by atoms with van der Waals surface area (Å²) in [5.41, 5.74) is 12.6. The molecule has 1 aliphatic carbocycles. The van der Waals surface area contributed by atoms with Crippen molar-refractivity contribution in [3.05, 3.63) is 187 Å². The molecule has 250 valence electrons. The number of hydrogen-bond acceptors (Lipinski definition) is 2. The van der Waals surface area contributed by atoms with E-state index in [1.54, 1.807) is 0 Å². The fraction of sp³-hybridized carbons (Fsp3) is 0.0588. The SMILES string of the molecule is CC1(C)c2ccccc2-c2ccc(N(c3cccc(-c4cccc5c4oc4ccccc45)c3)c3ccc4c5ccccc5c5ccccc5c4c3)cc21. The first kappa shape index (κ1) is 30.0. The molecule has 53 heavy (non-hydrogen) atoms. The maximum absolute atomic E-state index is 6.52. The normalized spacial score (nSPS) is 13.2. The molecule has 0 saturated carbocycles. The van der Waals surface area contributed by atoms with Gasteiger partial charge in [0, 0.05) is 38.8 Å². The van der Waals surface area contributed by atoms with Gasteiger partial charge in [0.05, 0.1) is 0 Å². The predicted molar refractivity (Wildman–Crippen MR) is 224 cm³/mol. The van der Waals surface area contributed by atoms with E-state index in [-0.39, 0.29) is 5.41 Å². The summed E-state index contributed by atoms with van der Waals surface area (Å²) in [4.78, 5) is 2.44. The predicted octanol–water partition coefficient (Wildman–Crippen LogP) is 14.5. The largest absolute Gasteiger partial charge is 0.455 e. The van der Waals surface area contributed by atoms with Crippen LogP contribution in [0.4, 0.5) is 17.1 Å². The Morgan fingerprint density at radius 1 is 0.377 bits per heavy atom. The van der Waals surface area contributed by atoms with Crippen LogP contribution in [0.25, 0.3) is 76.5 Å². The molecule has 2 heteroatoms. The summed E-state index contributed by atoms with van der Waals surface area (Å²) in [7, 11) is 0. The Labute approximate surface area is 308 Å². The van der Waals surface area contributed by atoms with Crippen molar-refractivity contribution in [2.45, 2.75) is 19.3 Å². The Morgan fingerprint density at radius 3 is 1.72 bits per heavy atom. The number of fused-ring (bicyclic) bond motifs is 12. The molecule has 0 aliphatic heterocycles. The van der Waals surface area contributed by atoms with Gasteiger partial charge in [0.25, 0.3) is 0 Å². The van der Waals surface area contributed by atoms with E-state index in [2.05, 4.69) is 189 Å². The average Bonchev–Trinajstić information content (AvgIpc) is 3.70. The molecule has 0 bridgehead atoms. The lowest BCUT2D eigenvalue weighted by molar-refractivity contribution is 0.660. The summed E-state index contributed by atoms with van der Waals surface area (Å²) >= 11 is 0. The van der Waals surface area contributed by atoms with Crippen molar-refractivity contribution in [3.63, 3.8) is 0 Å². The van der Waals surface area contributed by atoms with E-state index < -0.39 is 0 Å². The highest BCUT2D eigenvalue weighted by molar-refractivity contribution is 6.25. The molecule has 0 atom stereocenters. The number of hydrogen-bond donors (Lipinski definition) is 0. The standard InChI is InChI=1S/C51H35NO/c1-51(2)47-23-9-7-19-42(47)43-28-26-35(31-48(43)51)52(34-25-27-41-39-17-4-3-15-37(39)38-16-5-6-18-40(38)46(41)30-34)33-14-11-13-32(29-33)36-21-12-22-45-44-20-8-10-24-49(44)53-50(36)45/h3-31H,1-2H3. The van der Waals surface area contributed by atoms with Crippen LogP contribution in [0, 0.1) is 0 Å². The maximum Gasteiger partial charge on any atom is 0.143 e. The van der Waals surface area contributed by atoms with Crippen LogP contribution < -0.4 is 4.90 Å². The van der Waals surface area contributed by atoms with Crippen LogP contribution in [0.15, 0.2) is 180 Å². The Morgan fingerprint density at radius 2 is 0.925 bits per heavy atom. The second-order valence-electron chi connectivity index (χ2n) is 14.9. The minimum atomic E-state index is -0.120. The van der Waals surface area contributed by atoms with Crippen molar-refractivity contribution in [2.24, 2.45) is 0 Å². The van der Waals surface area contributed by atoms with Gasteiger partial charge in [0.1, 0.15) is 11.2 Å². The average molecular weight is 678 g/mol. The summed E-state index contributed by atoms with van der Waals surface area (Å²) in [6.45, 7) is 4.71. The molecular weight excluding hydrogens is 643 g/mol. The molecule has 1 aliphatic rings. The summed E-state index contributed by atoms with van der Waals surface area (Å²) in [6, 6.07) is 64.3. The second-order valence-corrected chi connectivity index (χ2v) is 14.9. The highest BCUT2D eigenvalue weighted by Crippen LogP contribution is 2.51. The van der Waals surface area contributed by atoms with Gasteiger partial charge in [-0.25, -0.2) is 0 Å². The Hall–Kier alpha value is -6.64. The first-order valence-electron chi connectivity index (χ1n) is 18.4. The summed E-state index contributed by atoms with van der Waals surface area (Å²) in [6.07, 6.45) is 0. The van der Waals surface area contributed by atoms with E-state index in [0.717, 1.165) is 50.1 Å². The van der Waals surface area contributed by atoms with Crippen molar-refractivity contribution in [2.75, 3.05) is 4.90 Å². The summed E-state index contributed by atoms with van der Waals surface area (Å²) < 4.78 is 6.52. The molecule has 1 heterocycles. The van der Waals surface area contributed by atoms with E-state index in [4.69, 9.17) is 4.42 Å². The minimum absolute atomic E-state index is 0.120. The highest BCUT2D eigenvalue weighted by Gasteiger charge is 2.35. The monoisotopic (exact) mass is 677 g/mol. The topological polar surface area (TPSA) is 16.4 Å². The van der Waals surface area contributed by atoms with Crippen molar-refractivity contribution in [1.29, 1.82) is 0 Å². The van der Waals surface area contributed by atoms with Gasteiger partial charge in [0.15, 0.2) is 0 Å². The molecule has 10 aromatic rings. The van der Waals surface area contributed by atoms with Gasteiger partial charge in [-0.05, 0) is 103 Å². The molecule has 0 unspecified atom stereocenters. The van der Waals surface area contributed by atoms with Crippen LogP contribution in [-0.2, 0) is 5.41 Å². The minimum Gasteiger partial charge on any atom is -0.455 e. The van der Waals surface area contributed by atoms with Crippen LogP contribution in [-0.4, -0.2) is 0 Å². The molecule has 0 saturated heterocycles. The van der Waals surface area contributed by atoms with Gasteiger partial charge in [-0.15, -0.1) is 0 Å². The fourth-order valence-corrected chi connectivity index (χ4v) is 9.10. The van der Waals surface area contributed by atoms with Crippen LogP contribution in [0.1, 0.15) is 25.0 Å². The third-order valence-corrected chi connectivity index (χ3v) is 11.6. The van der Waals surface area contributed by atoms with Crippen LogP contribution in [0.3, 0.4) is 0 Å². The molecule has 2 nitrogen and oxygen atoms in total. The van der Waals surface area contributed by atoms with E-state index in [9.17, 15) is 0 Å². The lowest BCUT2D eigenvalue weighted by Crippen LogP contribution is -2.16. The maximum atomic E-state index is 6.52. The molecular formula is C51H35NO. The Bertz CT molecular complexity index is 3070. The first-order chi connectivity index (χ1) is 26.0. The van der Waals surface area contributed by atoms with Crippen LogP contribution in [0.5, 0.6) is 0 Å². The molecule has 0 amide bonds. The Kier molecular flexibility index (Phi) is 6.33. The zero-order valence-corrected chi connectivity index (χ0v) is 29.6. The summed E-state index contributed by atoms with van der Waals surface area (Å²) in [5.74, 6) is 0. The van der Waals surface area contributed by atoms with Gasteiger partial charge in [-0.2, -0.15) is 0 Å². The third-order valence-electron chi connectivity index (χ3n) is 11.6.